The van der Waals surface area contributed by atoms with E-state index >= 15 is 0 Å². The number of fused-ring (bicyclic) bond motifs is 1. The number of hydrogen-bond donors (Lipinski definition) is 2. The molecule has 0 spiro atoms. The second-order valence-corrected chi connectivity index (χ2v) is 3.58. The normalized spacial score (nSPS) is 38.8. The Bertz CT molecular complexity index is 185. The molecule has 12 heavy (non-hydrogen) atoms. The van der Waals surface area contributed by atoms with Gasteiger partial charge in [0.1, 0.15) is 5.54 Å². The maximum absolute atomic E-state index is 10.9. The van der Waals surface area contributed by atoms with Gasteiger partial charge in [-0.1, -0.05) is 6.42 Å². The highest BCUT2D eigenvalue weighted by atomic mass is 35.5. The Balaban J connectivity index is 0.000000720. The molecule has 1 saturated heterocycles. The van der Waals surface area contributed by atoms with Crippen molar-refractivity contribution in [3.05, 3.63) is 0 Å². The number of rotatable bonds is 1. The number of carboxylic acid groups (broad SMARTS) is 1. The monoisotopic (exact) mass is 191 g/mol. The molecule has 2 rings (SSSR count). The van der Waals surface area contributed by atoms with Crippen LogP contribution in [0.2, 0.25) is 0 Å². The predicted molar refractivity (Wildman–Crippen MR) is 47.6 cm³/mol. The summed E-state index contributed by atoms with van der Waals surface area (Å²) in [5, 5.41) is 12.1. The molecule has 2 aliphatic rings. The van der Waals surface area contributed by atoms with Crippen molar-refractivity contribution in [3.63, 3.8) is 0 Å². The van der Waals surface area contributed by atoms with Gasteiger partial charge in [-0.15, -0.1) is 12.4 Å². The Morgan fingerprint density at radius 2 is 2.25 bits per heavy atom. The first-order valence-electron chi connectivity index (χ1n) is 4.24. The van der Waals surface area contributed by atoms with E-state index in [9.17, 15) is 4.79 Å². The molecule has 2 fully saturated rings. The van der Waals surface area contributed by atoms with Crippen molar-refractivity contribution in [2.24, 2.45) is 5.92 Å². The van der Waals surface area contributed by atoms with Crippen LogP contribution in [0.4, 0.5) is 0 Å². The molecule has 0 aromatic carbocycles. The standard InChI is InChI=1S/C8H13NO2.ClH/c10-7(11)8-4-1-2-6(8)3-5-9-8;/h6,9H,1-5H2,(H,10,11);1H. The third-order valence-corrected chi connectivity index (χ3v) is 3.14. The number of aliphatic carboxylic acids is 1. The Morgan fingerprint density at radius 3 is 2.83 bits per heavy atom. The summed E-state index contributed by atoms with van der Waals surface area (Å²) in [6.07, 6.45) is 4.04. The highest BCUT2D eigenvalue weighted by Gasteiger charge is 2.51. The highest BCUT2D eigenvalue weighted by Crippen LogP contribution is 2.41. The van der Waals surface area contributed by atoms with E-state index in [-0.39, 0.29) is 12.4 Å². The van der Waals surface area contributed by atoms with E-state index in [4.69, 9.17) is 5.11 Å². The van der Waals surface area contributed by atoms with Gasteiger partial charge in [0, 0.05) is 0 Å². The average molecular weight is 192 g/mol. The zero-order valence-corrected chi connectivity index (χ0v) is 7.69. The summed E-state index contributed by atoms with van der Waals surface area (Å²) in [5.74, 6) is -0.238. The first-order chi connectivity index (χ1) is 5.26. The summed E-state index contributed by atoms with van der Waals surface area (Å²) < 4.78 is 0. The summed E-state index contributed by atoms with van der Waals surface area (Å²) in [4.78, 5) is 10.9. The molecule has 1 aliphatic heterocycles. The molecule has 0 aromatic rings. The van der Waals surface area contributed by atoms with Crippen molar-refractivity contribution in [3.8, 4) is 0 Å². The minimum Gasteiger partial charge on any atom is -0.480 e. The SMILES string of the molecule is Cl.O=C(O)C12CCCC1CCN2. The van der Waals surface area contributed by atoms with Crippen LogP contribution in [0, 0.1) is 5.92 Å². The molecule has 0 bridgehead atoms. The first-order valence-corrected chi connectivity index (χ1v) is 4.24. The van der Waals surface area contributed by atoms with Gasteiger partial charge < -0.3 is 10.4 Å². The molecular weight excluding hydrogens is 178 g/mol. The lowest BCUT2D eigenvalue weighted by Gasteiger charge is -2.23. The van der Waals surface area contributed by atoms with Gasteiger partial charge >= 0.3 is 5.97 Å². The van der Waals surface area contributed by atoms with Gasteiger partial charge in [-0.05, 0) is 31.7 Å². The first kappa shape index (κ1) is 9.81. The van der Waals surface area contributed by atoms with E-state index < -0.39 is 11.5 Å². The second kappa shape index (κ2) is 3.23. The van der Waals surface area contributed by atoms with Gasteiger partial charge in [0.25, 0.3) is 0 Å². The number of nitrogens with one attached hydrogen (secondary N) is 1. The van der Waals surface area contributed by atoms with Crippen LogP contribution < -0.4 is 5.32 Å². The third-order valence-electron chi connectivity index (χ3n) is 3.14. The molecular formula is C8H14ClNO2. The van der Waals surface area contributed by atoms with Crippen LogP contribution in [0.5, 0.6) is 0 Å². The van der Waals surface area contributed by atoms with Crippen molar-refractivity contribution in [2.45, 2.75) is 31.2 Å². The number of carboxylic acids is 1. The topological polar surface area (TPSA) is 49.3 Å². The molecule has 2 N–H and O–H groups in total. The molecule has 70 valence electrons. The maximum Gasteiger partial charge on any atom is 0.324 e. The van der Waals surface area contributed by atoms with E-state index in [0.29, 0.717) is 5.92 Å². The molecule has 4 heteroatoms. The van der Waals surface area contributed by atoms with Crippen molar-refractivity contribution >= 4 is 18.4 Å². The third kappa shape index (κ3) is 1.12. The van der Waals surface area contributed by atoms with Gasteiger partial charge in [0.05, 0.1) is 0 Å². The Hall–Kier alpha value is -0.280. The predicted octanol–water partition coefficient (Wildman–Crippen LogP) is 1.02. The fraction of sp³-hybridized carbons (Fsp3) is 0.875. The van der Waals surface area contributed by atoms with Crippen LogP contribution in [-0.4, -0.2) is 23.2 Å². The largest absolute Gasteiger partial charge is 0.480 e. The fourth-order valence-corrected chi connectivity index (χ4v) is 2.53. The molecule has 0 radical (unpaired) electrons. The van der Waals surface area contributed by atoms with Crippen molar-refractivity contribution in [1.29, 1.82) is 0 Å². The van der Waals surface area contributed by atoms with Gasteiger partial charge in [-0.2, -0.15) is 0 Å². The zero-order valence-electron chi connectivity index (χ0n) is 6.88. The maximum atomic E-state index is 10.9. The summed E-state index contributed by atoms with van der Waals surface area (Å²) >= 11 is 0. The molecule has 0 aromatic heterocycles. The molecule has 1 aliphatic carbocycles. The smallest absolute Gasteiger partial charge is 0.324 e. The van der Waals surface area contributed by atoms with Crippen LogP contribution in [0.3, 0.4) is 0 Å². The molecule has 2 unspecified atom stereocenters. The lowest BCUT2D eigenvalue weighted by molar-refractivity contribution is -0.145. The summed E-state index contributed by atoms with van der Waals surface area (Å²) in [6.45, 7) is 0.886. The quantitative estimate of drug-likeness (QED) is 0.651. The molecule has 1 heterocycles. The van der Waals surface area contributed by atoms with Gasteiger partial charge in [0.2, 0.25) is 0 Å². The highest BCUT2D eigenvalue weighted by molar-refractivity contribution is 5.85. The van der Waals surface area contributed by atoms with Crippen molar-refractivity contribution in [1.82, 2.24) is 5.32 Å². The van der Waals surface area contributed by atoms with Crippen LogP contribution in [0.25, 0.3) is 0 Å². The Morgan fingerprint density at radius 1 is 1.50 bits per heavy atom. The van der Waals surface area contributed by atoms with Gasteiger partial charge in [-0.3, -0.25) is 4.79 Å². The van der Waals surface area contributed by atoms with E-state index in [1.165, 1.54) is 0 Å². The van der Waals surface area contributed by atoms with Crippen molar-refractivity contribution < 1.29 is 9.90 Å². The van der Waals surface area contributed by atoms with E-state index in [1.807, 2.05) is 0 Å². The van der Waals surface area contributed by atoms with Crippen LogP contribution >= 0.6 is 12.4 Å². The fourth-order valence-electron chi connectivity index (χ4n) is 2.53. The lowest BCUT2D eigenvalue weighted by Crippen LogP contribution is -2.49. The number of halogens is 1. The Labute approximate surface area is 77.9 Å². The van der Waals surface area contributed by atoms with Crippen LogP contribution in [-0.2, 0) is 4.79 Å². The minimum atomic E-state index is -0.641. The molecule has 1 saturated carbocycles. The number of hydrogen-bond acceptors (Lipinski definition) is 2. The summed E-state index contributed by atoms with van der Waals surface area (Å²) in [7, 11) is 0. The minimum absolute atomic E-state index is 0. The second-order valence-electron chi connectivity index (χ2n) is 3.58. The van der Waals surface area contributed by atoms with Crippen molar-refractivity contribution in [2.75, 3.05) is 6.54 Å². The van der Waals surface area contributed by atoms with Gasteiger partial charge in [0.15, 0.2) is 0 Å². The van der Waals surface area contributed by atoms with Crippen LogP contribution in [0.1, 0.15) is 25.7 Å². The molecule has 0 amide bonds. The van der Waals surface area contributed by atoms with E-state index in [1.54, 1.807) is 0 Å². The van der Waals surface area contributed by atoms with Crippen LogP contribution in [0.15, 0.2) is 0 Å². The van der Waals surface area contributed by atoms with E-state index in [0.717, 1.165) is 32.2 Å². The van der Waals surface area contributed by atoms with Gasteiger partial charge in [-0.25, -0.2) is 0 Å². The molecule has 2 atom stereocenters. The summed E-state index contributed by atoms with van der Waals surface area (Å²) in [6, 6.07) is 0. The Kier molecular flexibility index (Phi) is 2.64. The lowest BCUT2D eigenvalue weighted by atomic mass is 9.89. The summed E-state index contributed by atoms with van der Waals surface area (Å²) in [5.41, 5.74) is -0.528. The average Bonchev–Trinajstić information content (AvgIpc) is 2.40. The number of carbonyl (C=O) groups is 1. The molecule has 3 nitrogen and oxygen atoms in total. The van der Waals surface area contributed by atoms with E-state index in [2.05, 4.69) is 5.32 Å². The zero-order chi connectivity index (χ0) is 7.90.